The first-order valence-electron chi connectivity index (χ1n) is 8.84. The SMILES string of the molecule is CC(C)n1ncc2c1NC(=O)CC2c1ccc(-c2ccc(S(N)(=O)=O)cc2)o1. The van der Waals surface area contributed by atoms with Crippen molar-refractivity contribution in [3.8, 4) is 11.3 Å². The van der Waals surface area contributed by atoms with Crippen LogP contribution in [0.4, 0.5) is 5.82 Å². The molecular formula is C19H20N4O4S. The second kappa shape index (κ2) is 6.61. The molecule has 2 aromatic heterocycles. The van der Waals surface area contributed by atoms with Gasteiger partial charge in [-0.3, -0.25) is 4.79 Å². The third-order valence-electron chi connectivity index (χ3n) is 4.77. The molecular weight excluding hydrogens is 380 g/mol. The molecule has 3 heterocycles. The van der Waals surface area contributed by atoms with E-state index >= 15 is 0 Å². The number of primary sulfonamides is 1. The maximum Gasteiger partial charge on any atom is 0.238 e. The van der Waals surface area contributed by atoms with Crippen molar-refractivity contribution in [3.05, 3.63) is 53.9 Å². The number of nitrogens with one attached hydrogen (secondary N) is 1. The maximum absolute atomic E-state index is 12.2. The molecule has 0 fully saturated rings. The Kier molecular flexibility index (Phi) is 4.35. The van der Waals surface area contributed by atoms with Gasteiger partial charge < -0.3 is 9.73 Å². The van der Waals surface area contributed by atoms with Crippen molar-refractivity contribution >= 4 is 21.7 Å². The standard InChI is InChI=1S/C19H20N4O4S/c1-11(2)23-19-15(10-21-23)14(9-18(24)22-19)17-8-7-16(27-17)12-3-5-13(6-4-12)28(20,25)26/h3-8,10-11,14H,9H2,1-2H3,(H,22,24)(H2,20,25,26). The molecule has 0 bridgehead atoms. The van der Waals surface area contributed by atoms with Gasteiger partial charge in [-0.2, -0.15) is 5.10 Å². The Bertz CT molecular complexity index is 1140. The highest BCUT2D eigenvalue weighted by Gasteiger charge is 2.32. The van der Waals surface area contributed by atoms with E-state index in [9.17, 15) is 13.2 Å². The van der Waals surface area contributed by atoms with Crippen molar-refractivity contribution in [3.63, 3.8) is 0 Å². The first-order chi connectivity index (χ1) is 13.2. The summed E-state index contributed by atoms with van der Waals surface area (Å²) in [6.45, 7) is 4.00. The normalized spacial score (nSPS) is 16.9. The summed E-state index contributed by atoms with van der Waals surface area (Å²) < 4.78 is 30.6. The van der Waals surface area contributed by atoms with Gasteiger partial charge in [-0.15, -0.1) is 0 Å². The Morgan fingerprint density at radius 1 is 1.21 bits per heavy atom. The van der Waals surface area contributed by atoms with Crippen LogP contribution in [0.2, 0.25) is 0 Å². The van der Waals surface area contributed by atoms with Crippen LogP contribution in [0.1, 0.15) is 43.6 Å². The number of fused-ring (bicyclic) bond motifs is 1. The number of amides is 1. The Hall–Kier alpha value is -2.91. The molecule has 8 nitrogen and oxygen atoms in total. The average molecular weight is 400 g/mol. The van der Waals surface area contributed by atoms with Crippen LogP contribution in [-0.4, -0.2) is 24.1 Å². The molecule has 3 aromatic rings. The molecule has 1 amide bonds. The van der Waals surface area contributed by atoms with E-state index in [1.165, 1.54) is 12.1 Å². The Labute approximate surface area is 162 Å². The molecule has 3 N–H and O–H groups in total. The Balaban J connectivity index is 1.68. The number of carbonyl (C=O) groups excluding carboxylic acids is 1. The van der Waals surface area contributed by atoms with Crippen molar-refractivity contribution < 1.29 is 17.6 Å². The van der Waals surface area contributed by atoms with Crippen LogP contribution in [0.5, 0.6) is 0 Å². The van der Waals surface area contributed by atoms with Gasteiger partial charge in [0.25, 0.3) is 0 Å². The molecule has 0 saturated carbocycles. The molecule has 1 unspecified atom stereocenters. The number of hydrogen-bond donors (Lipinski definition) is 2. The summed E-state index contributed by atoms with van der Waals surface area (Å²) in [5.41, 5.74) is 1.63. The number of carbonyl (C=O) groups is 1. The zero-order chi connectivity index (χ0) is 20.1. The third kappa shape index (κ3) is 3.23. The van der Waals surface area contributed by atoms with E-state index < -0.39 is 10.0 Å². The van der Waals surface area contributed by atoms with E-state index in [0.29, 0.717) is 17.3 Å². The number of sulfonamides is 1. The zero-order valence-corrected chi connectivity index (χ0v) is 16.2. The van der Waals surface area contributed by atoms with E-state index in [-0.39, 0.29) is 29.2 Å². The zero-order valence-electron chi connectivity index (χ0n) is 15.4. The van der Waals surface area contributed by atoms with Crippen molar-refractivity contribution in [1.82, 2.24) is 9.78 Å². The van der Waals surface area contributed by atoms with Gasteiger partial charge >= 0.3 is 0 Å². The first kappa shape index (κ1) is 18.5. The topological polar surface area (TPSA) is 120 Å². The number of rotatable bonds is 4. The Morgan fingerprint density at radius 3 is 2.57 bits per heavy atom. The minimum Gasteiger partial charge on any atom is -0.460 e. The fraction of sp³-hybridized carbons (Fsp3) is 0.263. The summed E-state index contributed by atoms with van der Waals surface area (Å²) in [5, 5.41) is 12.4. The minimum absolute atomic E-state index is 0.0396. The quantitative estimate of drug-likeness (QED) is 0.698. The van der Waals surface area contributed by atoms with Crippen LogP contribution in [-0.2, 0) is 14.8 Å². The molecule has 0 aliphatic carbocycles. The number of benzene rings is 1. The van der Waals surface area contributed by atoms with Crippen LogP contribution < -0.4 is 10.5 Å². The highest BCUT2D eigenvalue weighted by Crippen LogP contribution is 2.39. The van der Waals surface area contributed by atoms with Gasteiger partial charge in [0.15, 0.2) is 0 Å². The van der Waals surface area contributed by atoms with E-state index in [1.807, 2.05) is 19.9 Å². The lowest BCUT2D eigenvalue weighted by molar-refractivity contribution is -0.116. The van der Waals surface area contributed by atoms with Gasteiger partial charge in [0.2, 0.25) is 15.9 Å². The van der Waals surface area contributed by atoms with Gasteiger partial charge in [-0.05, 0) is 50.2 Å². The van der Waals surface area contributed by atoms with E-state index in [1.54, 1.807) is 29.1 Å². The molecule has 0 spiro atoms. The highest BCUT2D eigenvalue weighted by molar-refractivity contribution is 7.89. The molecule has 1 atom stereocenters. The van der Waals surface area contributed by atoms with Crippen LogP contribution in [0.3, 0.4) is 0 Å². The molecule has 28 heavy (non-hydrogen) atoms. The molecule has 1 aliphatic heterocycles. The fourth-order valence-electron chi connectivity index (χ4n) is 3.39. The van der Waals surface area contributed by atoms with Gasteiger partial charge in [0, 0.05) is 23.6 Å². The molecule has 4 rings (SSSR count). The summed E-state index contributed by atoms with van der Waals surface area (Å²) in [7, 11) is -3.74. The number of furan rings is 1. The van der Waals surface area contributed by atoms with Crippen LogP contribution >= 0.6 is 0 Å². The van der Waals surface area contributed by atoms with E-state index in [2.05, 4.69) is 10.4 Å². The molecule has 146 valence electrons. The molecule has 0 radical (unpaired) electrons. The maximum atomic E-state index is 12.2. The number of aromatic nitrogens is 2. The number of anilines is 1. The summed E-state index contributed by atoms with van der Waals surface area (Å²) in [6.07, 6.45) is 2.04. The smallest absolute Gasteiger partial charge is 0.238 e. The first-order valence-corrected chi connectivity index (χ1v) is 10.4. The molecule has 1 aromatic carbocycles. The van der Waals surface area contributed by atoms with Crippen molar-refractivity contribution in [2.45, 2.75) is 37.1 Å². The van der Waals surface area contributed by atoms with Gasteiger partial charge in [-0.1, -0.05) is 0 Å². The lowest BCUT2D eigenvalue weighted by Gasteiger charge is -2.23. The predicted octanol–water partition coefficient (Wildman–Crippen LogP) is 2.85. The average Bonchev–Trinajstić information content (AvgIpc) is 3.27. The largest absolute Gasteiger partial charge is 0.460 e. The summed E-state index contributed by atoms with van der Waals surface area (Å²) in [5.74, 6) is 1.63. The Morgan fingerprint density at radius 2 is 1.93 bits per heavy atom. The van der Waals surface area contributed by atoms with Crippen LogP contribution in [0.25, 0.3) is 11.3 Å². The molecule has 1 aliphatic rings. The number of nitrogens with zero attached hydrogens (tertiary/aromatic N) is 2. The lowest BCUT2D eigenvalue weighted by atomic mass is 9.92. The number of nitrogens with two attached hydrogens (primary N) is 1. The van der Waals surface area contributed by atoms with Crippen molar-refractivity contribution in [2.24, 2.45) is 5.14 Å². The molecule has 0 saturated heterocycles. The van der Waals surface area contributed by atoms with Crippen LogP contribution in [0, 0.1) is 0 Å². The van der Waals surface area contributed by atoms with Gasteiger partial charge in [0.05, 0.1) is 17.0 Å². The van der Waals surface area contributed by atoms with E-state index in [4.69, 9.17) is 9.56 Å². The second-order valence-electron chi connectivity index (χ2n) is 7.06. The van der Waals surface area contributed by atoms with E-state index in [0.717, 1.165) is 11.1 Å². The molecule has 9 heteroatoms. The van der Waals surface area contributed by atoms with Gasteiger partial charge in [-0.25, -0.2) is 18.2 Å². The predicted molar refractivity (Wildman–Crippen MR) is 103 cm³/mol. The minimum atomic E-state index is -3.74. The summed E-state index contributed by atoms with van der Waals surface area (Å²) in [4.78, 5) is 12.3. The lowest BCUT2D eigenvalue weighted by Crippen LogP contribution is -2.25. The third-order valence-corrected chi connectivity index (χ3v) is 5.70. The van der Waals surface area contributed by atoms with Crippen molar-refractivity contribution in [2.75, 3.05) is 5.32 Å². The summed E-state index contributed by atoms with van der Waals surface area (Å²) >= 11 is 0. The summed E-state index contributed by atoms with van der Waals surface area (Å²) in [6, 6.07) is 9.91. The fourth-order valence-corrected chi connectivity index (χ4v) is 3.90. The van der Waals surface area contributed by atoms with Crippen molar-refractivity contribution in [1.29, 1.82) is 0 Å². The second-order valence-corrected chi connectivity index (χ2v) is 8.62. The number of hydrogen-bond acceptors (Lipinski definition) is 5. The monoisotopic (exact) mass is 400 g/mol. The van der Waals surface area contributed by atoms with Gasteiger partial charge in [0.1, 0.15) is 17.3 Å². The van der Waals surface area contributed by atoms with Crippen LogP contribution in [0.15, 0.2) is 51.9 Å². The highest BCUT2D eigenvalue weighted by atomic mass is 32.2.